The zero-order chi connectivity index (χ0) is 16.2. The Morgan fingerprint density at radius 2 is 1.86 bits per heavy atom. The Morgan fingerprint density at radius 1 is 1.18 bits per heavy atom. The third-order valence-corrected chi connectivity index (χ3v) is 4.23. The first-order chi connectivity index (χ1) is 10.5. The van der Waals surface area contributed by atoms with Crippen LogP contribution in [0.5, 0.6) is 0 Å². The van der Waals surface area contributed by atoms with Crippen molar-refractivity contribution in [2.75, 3.05) is 11.8 Å². The largest absolute Gasteiger partial charge is 0.465 e. The molecule has 0 amide bonds. The number of esters is 1. The first kappa shape index (κ1) is 15.5. The van der Waals surface area contributed by atoms with Gasteiger partial charge in [-0.1, -0.05) is 6.07 Å². The maximum Gasteiger partial charge on any atom is 0.337 e. The molecule has 0 unspecified atom stereocenters. The minimum absolute atomic E-state index is 0.0231. The van der Waals surface area contributed by atoms with E-state index < -0.39 is 16.0 Å². The molecule has 0 aliphatic heterocycles. The van der Waals surface area contributed by atoms with Crippen LogP contribution in [0.3, 0.4) is 0 Å². The number of nitrogens with zero attached hydrogens (tertiary/aromatic N) is 1. The zero-order valence-electron chi connectivity index (χ0n) is 11.6. The van der Waals surface area contributed by atoms with Crippen molar-refractivity contribution >= 4 is 21.7 Å². The van der Waals surface area contributed by atoms with Crippen molar-refractivity contribution in [2.45, 2.75) is 4.90 Å². The van der Waals surface area contributed by atoms with E-state index in [-0.39, 0.29) is 16.1 Å². The van der Waals surface area contributed by atoms with Crippen LogP contribution in [-0.4, -0.2) is 21.5 Å². The highest BCUT2D eigenvalue weighted by atomic mass is 32.2. The number of sulfonamides is 1. The molecule has 0 fully saturated rings. The van der Waals surface area contributed by atoms with Crippen LogP contribution in [0.1, 0.15) is 15.9 Å². The predicted molar refractivity (Wildman–Crippen MR) is 79.7 cm³/mol. The third kappa shape index (κ3) is 3.42. The van der Waals surface area contributed by atoms with Gasteiger partial charge in [0.25, 0.3) is 10.0 Å². The number of rotatable bonds is 4. The summed E-state index contributed by atoms with van der Waals surface area (Å²) in [6, 6.07) is 13.4. The first-order valence-electron chi connectivity index (χ1n) is 6.17. The van der Waals surface area contributed by atoms with Crippen molar-refractivity contribution < 1.29 is 17.9 Å². The van der Waals surface area contributed by atoms with E-state index in [1.54, 1.807) is 6.07 Å². The molecule has 1 N–H and O–H groups in total. The molecule has 0 bridgehead atoms. The fraction of sp³-hybridized carbons (Fsp3) is 0.0667. The van der Waals surface area contributed by atoms with Gasteiger partial charge in [-0.3, -0.25) is 4.72 Å². The summed E-state index contributed by atoms with van der Waals surface area (Å²) in [7, 11) is -2.55. The smallest absolute Gasteiger partial charge is 0.337 e. The number of anilines is 1. The second-order valence-electron chi connectivity index (χ2n) is 4.31. The van der Waals surface area contributed by atoms with Gasteiger partial charge in [0.2, 0.25) is 0 Å². The topological polar surface area (TPSA) is 96.3 Å². The molecule has 0 aliphatic rings. The fourth-order valence-electron chi connectivity index (χ4n) is 1.75. The molecule has 0 saturated carbocycles. The standard InChI is InChI=1S/C15H12N2O4S/c1-21-15(18)12-3-2-4-13(9-12)17-22(19,20)14-7-5-11(10-16)6-8-14/h2-9,17H,1H3. The summed E-state index contributed by atoms with van der Waals surface area (Å²) in [5, 5.41) is 8.71. The Balaban J connectivity index is 2.28. The van der Waals surface area contributed by atoms with Gasteiger partial charge in [0.1, 0.15) is 0 Å². The minimum atomic E-state index is -3.80. The summed E-state index contributed by atoms with van der Waals surface area (Å²) in [6.07, 6.45) is 0. The van der Waals surface area contributed by atoms with Crippen LogP contribution in [0.2, 0.25) is 0 Å². The van der Waals surface area contributed by atoms with Gasteiger partial charge >= 0.3 is 5.97 Å². The molecule has 0 aromatic heterocycles. The second-order valence-corrected chi connectivity index (χ2v) is 6.00. The van der Waals surface area contributed by atoms with E-state index in [1.807, 2.05) is 6.07 Å². The zero-order valence-corrected chi connectivity index (χ0v) is 12.4. The first-order valence-corrected chi connectivity index (χ1v) is 7.66. The van der Waals surface area contributed by atoms with Crippen LogP contribution in [0.15, 0.2) is 53.4 Å². The molecule has 112 valence electrons. The summed E-state index contributed by atoms with van der Waals surface area (Å²) < 4.78 is 31.4. The molecule has 0 heterocycles. The van der Waals surface area contributed by atoms with Crippen molar-refractivity contribution in [2.24, 2.45) is 0 Å². The van der Waals surface area contributed by atoms with Crippen molar-refractivity contribution in [3.05, 3.63) is 59.7 Å². The van der Waals surface area contributed by atoms with E-state index in [0.29, 0.717) is 5.56 Å². The average Bonchev–Trinajstić information content (AvgIpc) is 2.54. The summed E-state index contributed by atoms with van der Waals surface area (Å²) >= 11 is 0. The van der Waals surface area contributed by atoms with Crippen LogP contribution < -0.4 is 4.72 Å². The van der Waals surface area contributed by atoms with Gasteiger partial charge in [-0.25, -0.2) is 13.2 Å². The van der Waals surface area contributed by atoms with Crippen molar-refractivity contribution in [1.29, 1.82) is 5.26 Å². The molecule has 2 aromatic rings. The normalized spacial score (nSPS) is 10.5. The molecule has 7 heteroatoms. The van der Waals surface area contributed by atoms with Gasteiger partial charge in [-0.05, 0) is 42.5 Å². The highest BCUT2D eigenvalue weighted by Gasteiger charge is 2.15. The Kier molecular flexibility index (Phi) is 4.44. The van der Waals surface area contributed by atoms with Gasteiger partial charge < -0.3 is 4.74 Å². The van der Waals surface area contributed by atoms with E-state index in [0.717, 1.165) is 0 Å². The maximum absolute atomic E-state index is 12.2. The fourth-order valence-corrected chi connectivity index (χ4v) is 2.80. The van der Waals surface area contributed by atoms with E-state index in [1.165, 1.54) is 49.6 Å². The van der Waals surface area contributed by atoms with Crippen LogP contribution >= 0.6 is 0 Å². The SMILES string of the molecule is COC(=O)c1cccc(NS(=O)(=O)c2ccc(C#N)cc2)c1. The minimum Gasteiger partial charge on any atom is -0.465 e. The number of carbonyl (C=O) groups is 1. The maximum atomic E-state index is 12.2. The summed E-state index contributed by atoms with van der Waals surface area (Å²) in [4.78, 5) is 11.5. The number of methoxy groups -OCH3 is 1. The van der Waals surface area contributed by atoms with E-state index >= 15 is 0 Å². The predicted octanol–water partition coefficient (Wildman–Crippen LogP) is 2.15. The Hall–Kier alpha value is -2.85. The highest BCUT2D eigenvalue weighted by molar-refractivity contribution is 7.92. The summed E-state index contributed by atoms with van der Waals surface area (Å²) in [5.41, 5.74) is 0.849. The van der Waals surface area contributed by atoms with E-state index in [9.17, 15) is 13.2 Å². The number of carbonyl (C=O) groups excluding carboxylic acids is 1. The van der Waals surface area contributed by atoms with Crippen LogP contribution in [-0.2, 0) is 14.8 Å². The molecule has 0 spiro atoms. The lowest BCUT2D eigenvalue weighted by Crippen LogP contribution is -2.13. The van der Waals surface area contributed by atoms with Gasteiger partial charge in [0, 0.05) is 5.69 Å². The molecular weight excluding hydrogens is 304 g/mol. The monoisotopic (exact) mass is 316 g/mol. The second kappa shape index (κ2) is 6.28. The van der Waals surface area contributed by atoms with Crippen molar-refractivity contribution in [1.82, 2.24) is 0 Å². The number of benzene rings is 2. The lowest BCUT2D eigenvalue weighted by molar-refractivity contribution is 0.0601. The van der Waals surface area contributed by atoms with Crippen LogP contribution in [0, 0.1) is 11.3 Å². The number of hydrogen-bond donors (Lipinski definition) is 1. The Bertz CT molecular complexity index is 837. The summed E-state index contributed by atoms with van der Waals surface area (Å²) in [6.45, 7) is 0. The van der Waals surface area contributed by atoms with Gasteiger partial charge in [-0.15, -0.1) is 0 Å². The number of nitrogens with one attached hydrogen (secondary N) is 1. The van der Waals surface area contributed by atoms with Gasteiger partial charge in [0.05, 0.1) is 29.2 Å². The van der Waals surface area contributed by atoms with Crippen LogP contribution in [0.4, 0.5) is 5.69 Å². The quantitative estimate of drug-likeness (QED) is 0.872. The Labute approximate surface area is 128 Å². The molecule has 2 rings (SSSR count). The molecule has 0 aliphatic carbocycles. The summed E-state index contributed by atoms with van der Waals surface area (Å²) in [5.74, 6) is -0.556. The molecule has 2 aromatic carbocycles. The number of nitriles is 1. The van der Waals surface area contributed by atoms with Crippen molar-refractivity contribution in [3.8, 4) is 6.07 Å². The molecule has 0 saturated heterocycles. The highest BCUT2D eigenvalue weighted by Crippen LogP contribution is 2.18. The molecule has 6 nitrogen and oxygen atoms in total. The van der Waals surface area contributed by atoms with Gasteiger partial charge in [0.15, 0.2) is 0 Å². The molecule has 0 atom stereocenters. The number of ether oxygens (including phenoxy) is 1. The molecule has 0 radical (unpaired) electrons. The lowest BCUT2D eigenvalue weighted by Gasteiger charge is -2.09. The molecular formula is C15H12N2O4S. The van der Waals surface area contributed by atoms with E-state index in [4.69, 9.17) is 5.26 Å². The lowest BCUT2D eigenvalue weighted by atomic mass is 10.2. The van der Waals surface area contributed by atoms with Crippen LogP contribution in [0.25, 0.3) is 0 Å². The van der Waals surface area contributed by atoms with Crippen molar-refractivity contribution in [3.63, 3.8) is 0 Å². The average molecular weight is 316 g/mol. The third-order valence-electron chi connectivity index (χ3n) is 2.83. The van der Waals surface area contributed by atoms with E-state index in [2.05, 4.69) is 9.46 Å². The molecule has 22 heavy (non-hydrogen) atoms. The Morgan fingerprint density at radius 3 is 2.45 bits per heavy atom. The number of hydrogen-bond acceptors (Lipinski definition) is 5. The van der Waals surface area contributed by atoms with Gasteiger partial charge in [-0.2, -0.15) is 5.26 Å².